The summed E-state index contributed by atoms with van der Waals surface area (Å²) < 4.78 is 33.9. The highest BCUT2D eigenvalue weighted by molar-refractivity contribution is 5.98. The molecule has 3 aromatic rings. The van der Waals surface area contributed by atoms with Crippen LogP contribution >= 0.6 is 0 Å². The van der Waals surface area contributed by atoms with Crippen molar-refractivity contribution in [3.63, 3.8) is 0 Å². The third kappa shape index (κ3) is 5.49. The second kappa shape index (κ2) is 10.4. The number of nitrogens with two attached hydrogens (primary N) is 1. The van der Waals surface area contributed by atoms with Crippen molar-refractivity contribution in [2.24, 2.45) is 16.2 Å². The van der Waals surface area contributed by atoms with Crippen LogP contribution in [-0.2, 0) is 0 Å². The zero-order valence-corrected chi connectivity index (χ0v) is 18.8. The first-order valence-corrected chi connectivity index (χ1v) is 10.8. The molecule has 1 saturated heterocycles. The fraction of sp³-hybridized carbons (Fsp3) is 0.261. The molecule has 2 amide bonds. The minimum Gasteiger partial charge on any atom is -0.419 e. The zero-order valence-electron chi connectivity index (χ0n) is 18.8. The molecular formula is C23H23F2N7O3. The van der Waals surface area contributed by atoms with Crippen LogP contribution < -0.4 is 16.5 Å². The Morgan fingerprint density at radius 3 is 2.40 bits per heavy atom. The lowest BCUT2D eigenvalue weighted by molar-refractivity contribution is 0.0916. The SMILES string of the molecule is CN1CCC(NC(=O)c2ccc(Nc3oc(-c4c(F)cccc4F)nc3C(=O)N=NN)cc2)CC1. The third-order valence-corrected chi connectivity index (χ3v) is 5.61. The van der Waals surface area contributed by atoms with E-state index in [0.29, 0.717) is 11.3 Å². The molecule has 182 valence electrons. The Labute approximate surface area is 199 Å². The summed E-state index contributed by atoms with van der Waals surface area (Å²) in [5.74, 6) is 1.26. The summed E-state index contributed by atoms with van der Waals surface area (Å²) in [5, 5.41) is 12.0. The molecule has 0 spiro atoms. The number of oxazole rings is 1. The summed E-state index contributed by atoms with van der Waals surface area (Å²) in [6.45, 7) is 1.85. The smallest absolute Gasteiger partial charge is 0.321 e. The molecule has 10 nitrogen and oxygen atoms in total. The molecule has 0 radical (unpaired) electrons. The number of carbonyl (C=O) groups is 2. The van der Waals surface area contributed by atoms with E-state index in [1.165, 1.54) is 6.07 Å². The van der Waals surface area contributed by atoms with Crippen molar-refractivity contribution in [1.82, 2.24) is 15.2 Å². The molecule has 0 unspecified atom stereocenters. The zero-order chi connectivity index (χ0) is 24.9. The van der Waals surface area contributed by atoms with Gasteiger partial charge in [-0.25, -0.2) is 13.8 Å². The second-order valence-corrected chi connectivity index (χ2v) is 8.07. The van der Waals surface area contributed by atoms with Crippen LogP contribution in [0.25, 0.3) is 11.5 Å². The standard InChI is InChI=1S/C23H23F2N7O3/c1-32-11-9-15(10-12-32)27-20(33)13-5-7-14(8-6-13)28-23-19(21(34)30-31-26)29-22(35-23)18-16(24)3-2-4-17(18)25/h2-8,15,28H,9-12H2,1H3,(H,27,33)(H2,26,30,34). The van der Waals surface area contributed by atoms with Crippen molar-refractivity contribution >= 4 is 23.4 Å². The van der Waals surface area contributed by atoms with Gasteiger partial charge in [0.25, 0.3) is 5.91 Å². The van der Waals surface area contributed by atoms with E-state index in [0.717, 1.165) is 38.1 Å². The van der Waals surface area contributed by atoms with E-state index >= 15 is 0 Å². The first-order chi connectivity index (χ1) is 16.9. The Kier molecular flexibility index (Phi) is 7.11. The van der Waals surface area contributed by atoms with E-state index in [-0.39, 0.29) is 23.5 Å². The van der Waals surface area contributed by atoms with Gasteiger partial charge in [0.2, 0.25) is 11.8 Å². The lowest BCUT2D eigenvalue weighted by atomic mass is 10.0. The number of carbonyl (C=O) groups excluding carboxylic acids is 2. The Bertz CT molecular complexity index is 1230. The van der Waals surface area contributed by atoms with E-state index in [2.05, 4.69) is 30.9 Å². The van der Waals surface area contributed by atoms with Gasteiger partial charge in [0.05, 0.1) is 0 Å². The van der Waals surface area contributed by atoms with Gasteiger partial charge in [0.15, 0.2) is 5.69 Å². The van der Waals surface area contributed by atoms with E-state index < -0.39 is 29.0 Å². The van der Waals surface area contributed by atoms with Crippen molar-refractivity contribution < 1.29 is 22.8 Å². The van der Waals surface area contributed by atoms with Gasteiger partial charge >= 0.3 is 5.91 Å². The molecule has 2 heterocycles. The van der Waals surface area contributed by atoms with Gasteiger partial charge in [0.1, 0.15) is 17.2 Å². The second-order valence-electron chi connectivity index (χ2n) is 8.07. The van der Waals surface area contributed by atoms with Gasteiger partial charge in [0, 0.05) is 17.3 Å². The topological polar surface area (TPSA) is 138 Å². The number of likely N-dealkylation sites (tertiary alicyclic amines) is 1. The third-order valence-electron chi connectivity index (χ3n) is 5.61. The van der Waals surface area contributed by atoms with Crippen LogP contribution in [-0.4, -0.2) is 47.9 Å². The Morgan fingerprint density at radius 2 is 1.77 bits per heavy atom. The molecule has 4 N–H and O–H groups in total. The molecule has 1 aromatic heterocycles. The highest BCUT2D eigenvalue weighted by Crippen LogP contribution is 2.31. The van der Waals surface area contributed by atoms with Crippen molar-refractivity contribution in [3.8, 4) is 11.5 Å². The van der Waals surface area contributed by atoms with Crippen LogP contribution in [0.2, 0.25) is 0 Å². The molecule has 0 atom stereocenters. The fourth-order valence-corrected chi connectivity index (χ4v) is 3.72. The number of rotatable bonds is 6. The van der Waals surface area contributed by atoms with E-state index in [1.54, 1.807) is 24.3 Å². The Balaban J connectivity index is 1.54. The van der Waals surface area contributed by atoms with Gasteiger partial charge in [-0.05, 0) is 69.4 Å². The number of amides is 2. The molecule has 1 aliphatic rings. The maximum absolute atomic E-state index is 14.2. The van der Waals surface area contributed by atoms with Crippen molar-refractivity contribution in [2.45, 2.75) is 18.9 Å². The summed E-state index contributed by atoms with van der Waals surface area (Å²) in [5.41, 5.74) is -0.0353. The monoisotopic (exact) mass is 483 g/mol. The van der Waals surface area contributed by atoms with Crippen molar-refractivity contribution in [3.05, 3.63) is 65.4 Å². The average Bonchev–Trinajstić information content (AvgIpc) is 3.24. The largest absolute Gasteiger partial charge is 0.419 e. The van der Waals surface area contributed by atoms with Crippen molar-refractivity contribution in [2.75, 3.05) is 25.5 Å². The van der Waals surface area contributed by atoms with E-state index in [1.807, 2.05) is 7.05 Å². The van der Waals surface area contributed by atoms with Gasteiger partial charge < -0.3 is 25.8 Å². The van der Waals surface area contributed by atoms with Crippen LogP contribution in [0, 0.1) is 11.6 Å². The predicted octanol–water partition coefficient (Wildman–Crippen LogP) is 3.65. The molecule has 0 aliphatic carbocycles. The summed E-state index contributed by atoms with van der Waals surface area (Å²) in [7, 11) is 2.05. The lowest BCUT2D eigenvalue weighted by Crippen LogP contribution is -2.43. The van der Waals surface area contributed by atoms with E-state index in [4.69, 9.17) is 10.3 Å². The molecule has 0 bridgehead atoms. The summed E-state index contributed by atoms with van der Waals surface area (Å²) in [6.07, 6.45) is 1.77. The number of nitrogens with zero attached hydrogens (tertiary/aromatic N) is 4. The summed E-state index contributed by atoms with van der Waals surface area (Å²) >= 11 is 0. The fourth-order valence-electron chi connectivity index (χ4n) is 3.72. The van der Waals surface area contributed by atoms with Crippen LogP contribution in [0.4, 0.5) is 20.4 Å². The van der Waals surface area contributed by atoms with Crippen LogP contribution in [0.3, 0.4) is 0 Å². The Hall–Kier alpha value is -4.19. The number of halogens is 2. The van der Waals surface area contributed by atoms with Crippen LogP contribution in [0.1, 0.15) is 33.7 Å². The molecule has 4 rings (SSSR count). The quantitative estimate of drug-likeness (QED) is 0.276. The van der Waals surface area contributed by atoms with Crippen molar-refractivity contribution in [1.29, 1.82) is 0 Å². The number of hydrogen-bond donors (Lipinski definition) is 3. The maximum Gasteiger partial charge on any atom is 0.321 e. The first-order valence-electron chi connectivity index (χ1n) is 10.8. The molecule has 0 saturated carbocycles. The summed E-state index contributed by atoms with van der Waals surface area (Å²) in [4.78, 5) is 31.0. The number of anilines is 2. The van der Waals surface area contributed by atoms with Gasteiger partial charge in [-0.15, -0.1) is 0 Å². The molecule has 2 aromatic carbocycles. The first kappa shape index (κ1) is 24.0. The van der Waals surface area contributed by atoms with Crippen LogP contribution in [0.15, 0.2) is 57.2 Å². The van der Waals surface area contributed by atoms with Gasteiger partial charge in [-0.3, -0.25) is 9.59 Å². The predicted molar refractivity (Wildman–Crippen MR) is 123 cm³/mol. The molecule has 12 heteroatoms. The average molecular weight is 483 g/mol. The molecular weight excluding hydrogens is 460 g/mol. The molecule has 1 aliphatic heterocycles. The molecule has 1 fully saturated rings. The van der Waals surface area contributed by atoms with Gasteiger partial charge in [-0.2, -0.15) is 0 Å². The lowest BCUT2D eigenvalue weighted by Gasteiger charge is -2.29. The van der Waals surface area contributed by atoms with Gasteiger partial charge in [-0.1, -0.05) is 16.4 Å². The van der Waals surface area contributed by atoms with Crippen LogP contribution in [0.5, 0.6) is 0 Å². The Morgan fingerprint density at radius 1 is 1.11 bits per heavy atom. The maximum atomic E-state index is 14.2. The molecule has 35 heavy (non-hydrogen) atoms. The summed E-state index contributed by atoms with van der Waals surface area (Å²) in [6, 6.07) is 9.76. The van der Waals surface area contributed by atoms with E-state index in [9.17, 15) is 18.4 Å². The number of benzene rings is 2. The normalized spacial score (nSPS) is 14.8. The minimum absolute atomic E-state index is 0.119. The number of nitrogens with one attached hydrogen (secondary N) is 2. The number of hydrogen-bond acceptors (Lipinski definition) is 7. The minimum atomic E-state index is -0.976. The number of piperidine rings is 1. The highest BCUT2D eigenvalue weighted by Gasteiger charge is 2.25. The number of aromatic nitrogens is 1. The highest BCUT2D eigenvalue weighted by atomic mass is 19.1.